The summed E-state index contributed by atoms with van der Waals surface area (Å²) in [6.07, 6.45) is 11.7. The third kappa shape index (κ3) is 16.6. The van der Waals surface area contributed by atoms with Crippen LogP contribution in [0.1, 0.15) is 173 Å². The summed E-state index contributed by atoms with van der Waals surface area (Å²) in [6.45, 7) is 29.1. The van der Waals surface area contributed by atoms with Crippen molar-refractivity contribution in [3.05, 3.63) is 0 Å². The van der Waals surface area contributed by atoms with Gasteiger partial charge in [-0.05, 0) is 79.6 Å². The molecule has 0 heterocycles. The molecule has 0 aromatic carbocycles. The SMILES string of the molecule is CCCCCCOC(OCCCCC)(OC(C)(C)C)C(OCC(C)C)(OC(C)CC)C(CCCC)(OCCCC)OC(C)C.O. The first-order valence-electron chi connectivity index (χ1n) is 18.4. The number of rotatable bonds is 29. The van der Waals surface area contributed by atoms with E-state index in [1.807, 2.05) is 34.6 Å². The lowest BCUT2D eigenvalue weighted by molar-refractivity contribution is -0.569. The lowest BCUT2D eigenvalue weighted by Crippen LogP contribution is -2.76. The Morgan fingerprint density at radius 1 is 0.556 bits per heavy atom. The number of hydrogen-bond acceptors (Lipinski definition) is 7. The summed E-state index contributed by atoms with van der Waals surface area (Å²) < 4.78 is 49.5. The van der Waals surface area contributed by atoms with Gasteiger partial charge in [0.05, 0.1) is 44.2 Å². The maximum atomic E-state index is 7.23. The van der Waals surface area contributed by atoms with E-state index in [0.29, 0.717) is 32.8 Å². The number of unbranched alkanes of at least 4 members (excludes halogenated alkanes) is 7. The molecule has 4 atom stereocenters. The van der Waals surface area contributed by atoms with Crippen LogP contribution in [-0.2, 0) is 33.2 Å². The monoisotopic (exact) mass is 651 g/mol. The minimum Gasteiger partial charge on any atom is -0.412 e. The summed E-state index contributed by atoms with van der Waals surface area (Å²) in [4.78, 5) is 0. The third-order valence-electron chi connectivity index (χ3n) is 7.36. The summed E-state index contributed by atoms with van der Waals surface area (Å²) in [5.74, 6) is -4.63. The zero-order chi connectivity index (χ0) is 33.7. The molecule has 0 fully saturated rings. The molecular weight excluding hydrogens is 572 g/mol. The first kappa shape index (κ1) is 46.8. The van der Waals surface area contributed by atoms with Crippen LogP contribution >= 0.6 is 0 Å². The molecule has 8 heteroatoms. The van der Waals surface area contributed by atoms with Gasteiger partial charge >= 0.3 is 11.8 Å². The van der Waals surface area contributed by atoms with Gasteiger partial charge in [-0.1, -0.05) is 93.4 Å². The van der Waals surface area contributed by atoms with Crippen LogP contribution in [0.15, 0.2) is 0 Å². The van der Waals surface area contributed by atoms with Crippen molar-refractivity contribution >= 4 is 0 Å². The lowest BCUT2D eigenvalue weighted by Gasteiger charge is -2.57. The Labute approximate surface area is 279 Å². The molecule has 0 aromatic heterocycles. The molecule has 8 nitrogen and oxygen atoms in total. The Morgan fingerprint density at radius 2 is 1.07 bits per heavy atom. The molecule has 0 aliphatic rings. The summed E-state index contributed by atoms with van der Waals surface area (Å²) in [6, 6.07) is 0. The van der Waals surface area contributed by atoms with E-state index in [4.69, 9.17) is 33.2 Å². The molecule has 0 amide bonds. The Bertz CT molecular complexity index is 682. The second kappa shape index (κ2) is 24.8. The van der Waals surface area contributed by atoms with Crippen LogP contribution in [0, 0.1) is 5.92 Å². The molecular formula is C37H78O8. The van der Waals surface area contributed by atoms with Gasteiger partial charge in [-0.2, -0.15) is 0 Å². The summed E-state index contributed by atoms with van der Waals surface area (Å²) in [7, 11) is 0. The van der Waals surface area contributed by atoms with Gasteiger partial charge in [0.25, 0.3) is 0 Å². The summed E-state index contributed by atoms with van der Waals surface area (Å²) >= 11 is 0. The Morgan fingerprint density at radius 3 is 1.53 bits per heavy atom. The fourth-order valence-electron chi connectivity index (χ4n) is 5.01. The largest absolute Gasteiger partial charge is 0.412 e. The van der Waals surface area contributed by atoms with Crippen LogP contribution in [0.4, 0.5) is 0 Å². The highest BCUT2D eigenvalue weighted by molar-refractivity contribution is 5.00. The molecule has 0 aliphatic heterocycles. The van der Waals surface area contributed by atoms with Gasteiger partial charge in [-0.15, -0.1) is 0 Å². The van der Waals surface area contributed by atoms with Crippen molar-refractivity contribution in [1.29, 1.82) is 0 Å². The minimum atomic E-state index is -1.77. The van der Waals surface area contributed by atoms with Crippen LogP contribution < -0.4 is 0 Å². The average Bonchev–Trinajstić information content (AvgIpc) is 2.94. The van der Waals surface area contributed by atoms with Crippen LogP contribution in [0.5, 0.6) is 0 Å². The van der Waals surface area contributed by atoms with Crippen LogP contribution in [0.25, 0.3) is 0 Å². The van der Waals surface area contributed by atoms with Crippen LogP contribution in [-0.4, -0.2) is 67.3 Å². The number of hydrogen-bond donors (Lipinski definition) is 0. The van der Waals surface area contributed by atoms with Gasteiger partial charge in [0.15, 0.2) is 0 Å². The quantitative estimate of drug-likeness (QED) is 0.0587. The van der Waals surface area contributed by atoms with Gasteiger partial charge in [-0.3, -0.25) is 0 Å². The van der Waals surface area contributed by atoms with E-state index in [2.05, 4.69) is 55.4 Å². The Balaban J connectivity index is 0. The van der Waals surface area contributed by atoms with Crippen molar-refractivity contribution in [2.24, 2.45) is 5.92 Å². The molecule has 45 heavy (non-hydrogen) atoms. The van der Waals surface area contributed by atoms with E-state index >= 15 is 0 Å². The highest BCUT2D eigenvalue weighted by Crippen LogP contribution is 2.51. The molecule has 0 bridgehead atoms. The van der Waals surface area contributed by atoms with E-state index in [9.17, 15) is 0 Å². The van der Waals surface area contributed by atoms with E-state index in [0.717, 1.165) is 77.0 Å². The summed E-state index contributed by atoms with van der Waals surface area (Å²) in [5, 5.41) is 0. The van der Waals surface area contributed by atoms with Crippen molar-refractivity contribution in [3.8, 4) is 0 Å². The summed E-state index contributed by atoms with van der Waals surface area (Å²) in [5.41, 5.74) is -0.669. The van der Waals surface area contributed by atoms with Crippen LogP contribution in [0.2, 0.25) is 0 Å². The fraction of sp³-hybridized carbons (Fsp3) is 1.00. The van der Waals surface area contributed by atoms with E-state index in [-0.39, 0.29) is 23.6 Å². The standard InChI is InChI=1S/C37H76O7.H2O/c1-14-19-23-25-29-40-37(44-34(11,12)13,39-28-24-20-15-2)36(41-30-31(6)7,43-33(10)18-5)35(26-21-16-3,42-32(8)9)38-27-22-17-4;/h31-33H,14-30H2,1-13H3;1H2. The molecule has 0 aromatic rings. The smallest absolute Gasteiger partial charge is 0.347 e. The molecule has 2 N–H and O–H groups in total. The van der Waals surface area contributed by atoms with E-state index < -0.39 is 23.1 Å². The Hall–Kier alpha value is -0.320. The second-order valence-corrected chi connectivity index (χ2v) is 14.1. The van der Waals surface area contributed by atoms with Crippen LogP contribution in [0.3, 0.4) is 0 Å². The maximum Gasteiger partial charge on any atom is 0.347 e. The molecule has 0 spiro atoms. The van der Waals surface area contributed by atoms with Gasteiger partial charge in [-0.25, -0.2) is 0 Å². The molecule has 0 saturated carbocycles. The topological polar surface area (TPSA) is 96.1 Å². The molecule has 4 unspecified atom stereocenters. The van der Waals surface area contributed by atoms with Crippen molar-refractivity contribution < 1.29 is 38.6 Å². The highest BCUT2D eigenvalue weighted by Gasteiger charge is 2.73. The van der Waals surface area contributed by atoms with Gasteiger partial charge in [0.1, 0.15) is 0 Å². The lowest BCUT2D eigenvalue weighted by atomic mass is 9.93. The van der Waals surface area contributed by atoms with E-state index in [1.165, 1.54) is 0 Å². The van der Waals surface area contributed by atoms with Crippen molar-refractivity contribution in [1.82, 2.24) is 0 Å². The normalized spacial score (nSPS) is 17.1. The van der Waals surface area contributed by atoms with Crippen molar-refractivity contribution in [3.63, 3.8) is 0 Å². The molecule has 0 rings (SSSR count). The molecule has 0 radical (unpaired) electrons. The Kier molecular flexibility index (Phi) is 25.8. The fourth-order valence-corrected chi connectivity index (χ4v) is 5.01. The van der Waals surface area contributed by atoms with E-state index in [1.54, 1.807) is 0 Å². The average molecular weight is 651 g/mol. The molecule has 0 aliphatic carbocycles. The zero-order valence-electron chi connectivity index (χ0n) is 32.1. The van der Waals surface area contributed by atoms with Crippen molar-refractivity contribution in [2.75, 3.05) is 26.4 Å². The first-order valence-corrected chi connectivity index (χ1v) is 18.4. The third-order valence-corrected chi connectivity index (χ3v) is 7.36. The predicted octanol–water partition coefficient (Wildman–Crippen LogP) is 9.75. The number of ether oxygens (including phenoxy) is 7. The van der Waals surface area contributed by atoms with Gasteiger partial charge < -0.3 is 38.6 Å². The maximum absolute atomic E-state index is 7.23. The minimum absolute atomic E-state index is 0. The molecule has 0 saturated heterocycles. The molecule has 274 valence electrons. The zero-order valence-corrected chi connectivity index (χ0v) is 32.1. The second-order valence-electron chi connectivity index (χ2n) is 14.1. The van der Waals surface area contributed by atoms with Gasteiger partial charge in [0.2, 0.25) is 5.79 Å². The van der Waals surface area contributed by atoms with Gasteiger partial charge in [0, 0.05) is 6.42 Å². The van der Waals surface area contributed by atoms with Crippen molar-refractivity contribution in [2.45, 2.75) is 209 Å². The first-order chi connectivity index (χ1) is 20.7. The highest BCUT2D eigenvalue weighted by atomic mass is 16.9. The predicted molar refractivity (Wildman–Crippen MR) is 186 cm³/mol.